The molecule has 0 bridgehead atoms. The van der Waals surface area contributed by atoms with Crippen LogP contribution in [0.5, 0.6) is 5.75 Å². The summed E-state index contributed by atoms with van der Waals surface area (Å²) in [6.07, 6.45) is 0. The lowest BCUT2D eigenvalue weighted by Crippen LogP contribution is -2.39. The molecule has 0 aliphatic heterocycles. The molecule has 0 spiro atoms. The molecule has 2 N–H and O–H groups in total. The molecular formula is C12H16Cl2N2O2. The topological polar surface area (TPSA) is 50.4 Å². The lowest BCUT2D eigenvalue weighted by atomic mass is 10.2. The first kappa shape index (κ1) is 14.9. The standard InChI is InChI=1S/C12H16Cl2N2O2/c1-8(2)6-15-12(17)16-7-18-11-4-3-9(13)5-10(11)14/h3-5,8H,6-7H2,1-2H3,(H2,15,16,17). The number of hydrogen-bond donors (Lipinski definition) is 2. The van der Waals surface area contributed by atoms with Gasteiger partial charge in [0.25, 0.3) is 0 Å². The van der Waals surface area contributed by atoms with Crippen molar-refractivity contribution in [1.29, 1.82) is 0 Å². The largest absolute Gasteiger partial charge is 0.472 e. The Morgan fingerprint density at radius 1 is 1.33 bits per heavy atom. The maximum Gasteiger partial charge on any atom is 0.317 e. The van der Waals surface area contributed by atoms with Crippen molar-refractivity contribution >= 4 is 29.2 Å². The lowest BCUT2D eigenvalue weighted by molar-refractivity contribution is 0.223. The molecule has 0 saturated heterocycles. The van der Waals surface area contributed by atoms with E-state index in [-0.39, 0.29) is 12.8 Å². The summed E-state index contributed by atoms with van der Waals surface area (Å²) >= 11 is 11.7. The van der Waals surface area contributed by atoms with Crippen molar-refractivity contribution in [3.63, 3.8) is 0 Å². The number of ether oxygens (including phenoxy) is 1. The van der Waals surface area contributed by atoms with Gasteiger partial charge in [-0.2, -0.15) is 0 Å². The van der Waals surface area contributed by atoms with Crippen molar-refractivity contribution in [3.8, 4) is 5.75 Å². The van der Waals surface area contributed by atoms with Crippen LogP contribution < -0.4 is 15.4 Å². The van der Waals surface area contributed by atoms with E-state index >= 15 is 0 Å². The van der Waals surface area contributed by atoms with Gasteiger partial charge in [0.2, 0.25) is 0 Å². The summed E-state index contributed by atoms with van der Waals surface area (Å²) in [6.45, 7) is 4.70. The lowest BCUT2D eigenvalue weighted by Gasteiger charge is -2.11. The summed E-state index contributed by atoms with van der Waals surface area (Å²) in [6, 6.07) is 4.63. The summed E-state index contributed by atoms with van der Waals surface area (Å²) in [5, 5.41) is 6.22. The Bertz CT molecular complexity index is 411. The van der Waals surface area contributed by atoms with Gasteiger partial charge in [-0.25, -0.2) is 4.79 Å². The SMILES string of the molecule is CC(C)CNC(=O)NCOc1ccc(Cl)cc1Cl. The van der Waals surface area contributed by atoms with Crippen molar-refractivity contribution < 1.29 is 9.53 Å². The van der Waals surface area contributed by atoms with Gasteiger partial charge in [-0.15, -0.1) is 0 Å². The van der Waals surface area contributed by atoms with Gasteiger partial charge >= 0.3 is 6.03 Å². The van der Waals surface area contributed by atoms with E-state index < -0.39 is 0 Å². The third-order valence-electron chi connectivity index (χ3n) is 2.03. The van der Waals surface area contributed by atoms with Gasteiger partial charge in [-0.05, 0) is 24.1 Å². The van der Waals surface area contributed by atoms with Crippen molar-refractivity contribution in [2.24, 2.45) is 5.92 Å². The summed E-state index contributed by atoms with van der Waals surface area (Å²) < 4.78 is 5.31. The third-order valence-corrected chi connectivity index (χ3v) is 2.56. The molecule has 0 aliphatic carbocycles. The molecule has 0 aromatic heterocycles. The molecule has 1 rings (SSSR count). The Morgan fingerprint density at radius 3 is 2.67 bits per heavy atom. The first-order chi connectivity index (χ1) is 8.49. The van der Waals surface area contributed by atoms with E-state index in [9.17, 15) is 4.79 Å². The Balaban J connectivity index is 2.31. The third kappa shape index (κ3) is 5.47. The smallest absolute Gasteiger partial charge is 0.317 e. The van der Waals surface area contributed by atoms with Crippen LogP contribution in [-0.4, -0.2) is 19.3 Å². The van der Waals surface area contributed by atoms with Gasteiger partial charge < -0.3 is 15.4 Å². The van der Waals surface area contributed by atoms with E-state index in [1.54, 1.807) is 18.2 Å². The number of benzene rings is 1. The van der Waals surface area contributed by atoms with Gasteiger partial charge in [-0.3, -0.25) is 0 Å². The maximum atomic E-state index is 11.3. The molecule has 1 aromatic carbocycles. The van der Waals surface area contributed by atoms with Crippen LogP contribution in [0.25, 0.3) is 0 Å². The van der Waals surface area contributed by atoms with Crippen molar-refractivity contribution in [1.82, 2.24) is 10.6 Å². The van der Waals surface area contributed by atoms with Crippen LogP contribution in [0.1, 0.15) is 13.8 Å². The molecule has 0 unspecified atom stereocenters. The van der Waals surface area contributed by atoms with Crippen molar-refractivity contribution in [3.05, 3.63) is 28.2 Å². The second-order valence-corrected chi connectivity index (χ2v) is 4.99. The van der Waals surface area contributed by atoms with E-state index in [0.29, 0.717) is 28.3 Å². The molecule has 0 aliphatic rings. The number of carbonyl (C=O) groups excluding carboxylic acids is 1. The average molecular weight is 291 g/mol. The van der Waals surface area contributed by atoms with E-state index in [1.807, 2.05) is 13.8 Å². The van der Waals surface area contributed by atoms with Gasteiger partial charge in [0.1, 0.15) is 5.75 Å². The molecule has 0 saturated carbocycles. The number of urea groups is 1. The molecule has 4 nitrogen and oxygen atoms in total. The molecule has 1 aromatic rings. The molecule has 0 heterocycles. The van der Waals surface area contributed by atoms with Gasteiger partial charge in [0, 0.05) is 11.6 Å². The van der Waals surface area contributed by atoms with E-state index in [0.717, 1.165) is 0 Å². The number of hydrogen-bond acceptors (Lipinski definition) is 2. The number of carbonyl (C=O) groups is 1. The minimum Gasteiger partial charge on any atom is -0.472 e. The fourth-order valence-electron chi connectivity index (χ4n) is 1.13. The minimum absolute atomic E-state index is 0.0469. The molecule has 0 fully saturated rings. The summed E-state index contributed by atoms with van der Waals surface area (Å²) in [7, 11) is 0. The van der Waals surface area contributed by atoms with Crippen LogP contribution in [0.2, 0.25) is 10.0 Å². The van der Waals surface area contributed by atoms with Gasteiger partial charge in [-0.1, -0.05) is 37.0 Å². The van der Waals surface area contributed by atoms with Crippen LogP contribution in [0.15, 0.2) is 18.2 Å². The summed E-state index contributed by atoms with van der Waals surface area (Å²) in [4.78, 5) is 11.3. The quantitative estimate of drug-likeness (QED) is 0.818. The van der Waals surface area contributed by atoms with Crippen molar-refractivity contribution in [2.75, 3.05) is 13.3 Å². The van der Waals surface area contributed by atoms with E-state index in [1.165, 1.54) is 0 Å². The maximum absolute atomic E-state index is 11.3. The highest BCUT2D eigenvalue weighted by molar-refractivity contribution is 6.35. The first-order valence-corrected chi connectivity index (χ1v) is 6.34. The normalized spacial score (nSPS) is 10.3. The Morgan fingerprint density at radius 2 is 2.06 bits per heavy atom. The molecule has 18 heavy (non-hydrogen) atoms. The highest BCUT2D eigenvalue weighted by Gasteiger charge is 2.04. The molecule has 100 valence electrons. The average Bonchev–Trinajstić information content (AvgIpc) is 2.29. The first-order valence-electron chi connectivity index (χ1n) is 5.58. The zero-order chi connectivity index (χ0) is 13.5. The van der Waals surface area contributed by atoms with Gasteiger partial charge in [0.05, 0.1) is 5.02 Å². The Kier molecular flexibility index (Phi) is 6.09. The highest BCUT2D eigenvalue weighted by atomic mass is 35.5. The molecule has 0 atom stereocenters. The number of amides is 2. The van der Waals surface area contributed by atoms with Crippen LogP contribution in [0.4, 0.5) is 4.79 Å². The fraction of sp³-hybridized carbons (Fsp3) is 0.417. The molecule has 6 heteroatoms. The summed E-state index contributed by atoms with van der Waals surface area (Å²) in [5.41, 5.74) is 0. The zero-order valence-corrected chi connectivity index (χ0v) is 11.8. The Labute approximate surface area is 117 Å². The zero-order valence-electron chi connectivity index (χ0n) is 10.3. The predicted octanol–water partition coefficient (Wildman–Crippen LogP) is 3.28. The van der Waals surface area contributed by atoms with Crippen LogP contribution in [0.3, 0.4) is 0 Å². The van der Waals surface area contributed by atoms with E-state index in [4.69, 9.17) is 27.9 Å². The van der Waals surface area contributed by atoms with Crippen LogP contribution in [-0.2, 0) is 0 Å². The van der Waals surface area contributed by atoms with Gasteiger partial charge in [0.15, 0.2) is 6.73 Å². The fourth-order valence-corrected chi connectivity index (χ4v) is 1.59. The van der Waals surface area contributed by atoms with Crippen molar-refractivity contribution in [2.45, 2.75) is 13.8 Å². The second-order valence-electron chi connectivity index (χ2n) is 4.14. The van der Waals surface area contributed by atoms with E-state index in [2.05, 4.69) is 10.6 Å². The van der Waals surface area contributed by atoms with Crippen LogP contribution in [0, 0.1) is 5.92 Å². The molecule has 2 amide bonds. The van der Waals surface area contributed by atoms with Crippen LogP contribution >= 0.6 is 23.2 Å². The number of rotatable bonds is 5. The second kappa shape index (κ2) is 7.34. The molecular weight excluding hydrogens is 275 g/mol. The molecule has 0 radical (unpaired) electrons. The minimum atomic E-state index is -0.270. The number of nitrogens with one attached hydrogen (secondary N) is 2. The summed E-state index contributed by atoms with van der Waals surface area (Å²) in [5.74, 6) is 0.882. The monoisotopic (exact) mass is 290 g/mol. The highest BCUT2D eigenvalue weighted by Crippen LogP contribution is 2.27. The Hall–Kier alpha value is -1.13. The number of halogens is 2. The predicted molar refractivity (Wildman–Crippen MR) is 73.3 cm³/mol.